The predicted octanol–water partition coefficient (Wildman–Crippen LogP) is 3.14. The number of alkyl halides is 1. The van der Waals surface area contributed by atoms with E-state index in [-0.39, 0.29) is 5.91 Å². The summed E-state index contributed by atoms with van der Waals surface area (Å²) in [6.45, 7) is 0.744. The lowest BCUT2D eigenvalue weighted by Crippen LogP contribution is -2.31. The highest BCUT2D eigenvalue weighted by molar-refractivity contribution is 9.09. The average molecular weight is 319 g/mol. The van der Waals surface area contributed by atoms with Crippen LogP contribution >= 0.6 is 15.9 Å². The van der Waals surface area contributed by atoms with Crippen molar-refractivity contribution in [2.45, 2.75) is 12.8 Å². The van der Waals surface area contributed by atoms with Crippen molar-refractivity contribution in [1.29, 1.82) is 0 Å². The number of hydrogen-bond acceptors (Lipinski definition) is 2. The Hall–Kier alpha value is -1.42. The fourth-order valence-electron chi connectivity index (χ4n) is 2.20. The van der Waals surface area contributed by atoms with Crippen molar-refractivity contribution < 1.29 is 4.79 Å². The van der Waals surface area contributed by atoms with E-state index in [1.54, 1.807) is 6.20 Å². The van der Waals surface area contributed by atoms with Crippen molar-refractivity contribution in [2.75, 3.05) is 11.9 Å². The summed E-state index contributed by atoms with van der Waals surface area (Å²) in [6.07, 6.45) is 4.12. The molecule has 0 atom stereocenters. The number of hydrogen-bond donors (Lipinski definition) is 1. The zero-order valence-electron chi connectivity index (χ0n) is 10.5. The smallest absolute Gasteiger partial charge is 0.251 e. The summed E-state index contributed by atoms with van der Waals surface area (Å²) in [5.41, 5.74) is 1.85. The van der Waals surface area contributed by atoms with E-state index in [9.17, 15) is 4.79 Å². The molecule has 4 heteroatoms. The van der Waals surface area contributed by atoms with Crippen LogP contribution in [0.25, 0.3) is 10.9 Å². The molecular weight excluding hydrogens is 304 g/mol. The molecule has 1 saturated carbocycles. The lowest BCUT2D eigenvalue weighted by atomic mass is 10.1. The molecule has 2 aromatic rings. The van der Waals surface area contributed by atoms with Gasteiger partial charge in [-0.15, -0.1) is 0 Å². The molecule has 0 saturated heterocycles. The second-order valence-electron chi connectivity index (χ2n) is 5.19. The van der Waals surface area contributed by atoms with E-state index in [0.717, 1.165) is 22.8 Å². The van der Waals surface area contributed by atoms with Gasteiger partial charge in [0.2, 0.25) is 0 Å². The van der Waals surface area contributed by atoms with Gasteiger partial charge < -0.3 is 5.32 Å². The Morgan fingerprint density at radius 1 is 1.32 bits per heavy atom. The van der Waals surface area contributed by atoms with Crippen molar-refractivity contribution in [3.8, 4) is 0 Å². The molecule has 0 aliphatic heterocycles. The van der Waals surface area contributed by atoms with Crippen LogP contribution < -0.4 is 5.32 Å². The van der Waals surface area contributed by atoms with E-state index < -0.39 is 0 Å². The third-order valence-electron chi connectivity index (χ3n) is 3.75. The molecule has 0 spiro atoms. The van der Waals surface area contributed by atoms with Gasteiger partial charge in [0.15, 0.2) is 0 Å². The molecule has 1 aromatic heterocycles. The molecular formula is C15H15BrN2O. The van der Waals surface area contributed by atoms with Crippen LogP contribution in [0.15, 0.2) is 36.5 Å². The molecule has 3 nitrogen and oxygen atoms in total. The molecule has 1 amide bonds. The van der Waals surface area contributed by atoms with Gasteiger partial charge in [0, 0.05) is 29.0 Å². The van der Waals surface area contributed by atoms with Crippen LogP contribution in [-0.4, -0.2) is 22.8 Å². The molecule has 1 heterocycles. The van der Waals surface area contributed by atoms with Gasteiger partial charge in [0.25, 0.3) is 5.91 Å². The third kappa shape index (κ3) is 2.50. The number of carbonyl (C=O) groups is 1. The van der Waals surface area contributed by atoms with Crippen LogP contribution in [0.2, 0.25) is 0 Å². The Balaban J connectivity index is 1.82. The number of nitrogens with one attached hydrogen (secondary N) is 1. The summed E-state index contributed by atoms with van der Waals surface area (Å²) in [5, 5.41) is 4.91. The van der Waals surface area contributed by atoms with Gasteiger partial charge in [0.1, 0.15) is 0 Å². The Labute approximate surface area is 120 Å². The van der Waals surface area contributed by atoms with Gasteiger partial charge in [-0.2, -0.15) is 0 Å². The van der Waals surface area contributed by atoms with Crippen molar-refractivity contribution in [1.82, 2.24) is 10.3 Å². The van der Waals surface area contributed by atoms with E-state index in [2.05, 4.69) is 26.2 Å². The fourth-order valence-corrected chi connectivity index (χ4v) is 2.96. The molecule has 98 valence electrons. The molecule has 1 fully saturated rings. The first-order valence-electron chi connectivity index (χ1n) is 6.42. The second kappa shape index (κ2) is 4.93. The summed E-state index contributed by atoms with van der Waals surface area (Å²) in [4.78, 5) is 16.6. The number of halogens is 1. The standard InChI is InChI=1S/C15H15BrN2O/c16-9-15(6-7-15)10-18-14(19)12-3-1-5-13-11(12)4-2-8-17-13/h1-5,8H,6-7,9-10H2,(H,18,19). The largest absolute Gasteiger partial charge is 0.351 e. The number of amides is 1. The van der Waals surface area contributed by atoms with E-state index in [0.29, 0.717) is 11.0 Å². The quantitative estimate of drug-likeness (QED) is 0.880. The summed E-state index contributed by atoms with van der Waals surface area (Å²) in [7, 11) is 0. The molecule has 1 aliphatic rings. The van der Waals surface area contributed by atoms with E-state index in [1.807, 2.05) is 30.3 Å². The van der Waals surface area contributed by atoms with Crippen molar-refractivity contribution in [3.05, 3.63) is 42.1 Å². The molecule has 0 radical (unpaired) electrons. The molecule has 1 aromatic carbocycles. The average Bonchev–Trinajstić information content (AvgIpc) is 3.25. The van der Waals surface area contributed by atoms with Crippen molar-refractivity contribution in [2.24, 2.45) is 5.41 Å². The first-order valence-corrected chi connectivity index (χ1v) is 7.54. The highest BCUT2D eigenvalue weighted by Gasteiger charge is 2.41. The molecule has 3 rings (SSSR count). The van der Waals surface area contributed by atoms with Crippen LogP contribution in [0.1, 0.15) is 23.2 Å². The van der Waals surface area contributed by atoms with Crippen LogP contribution in [0.5, 0.6) is 0 Å². The van der Waals surface area contributed by atoms with Gasteiger partial charge >= 0.3 is 0 Å². The molecule has 0 unspecified atom stereocenters. The highest BCUT2D eigenvalue weighted by atomic mass is 79.9. The van der Waals surface area contributed by atoms with Gasteiger partial charge in [-0.1, -0.05) is 28.1 Å². The van der Waals surface area contributed by atoms with E-state index in [4.69, 9.17) is 0 Å². The second-order valence-corrected chi connectivity index (χ2v) is 5.75. The third-order valence-corrected chi connectivity index (χ3v) is 4.94. The molecule has 1 aliphatic carbocycles. The normalized spacial score (nSPS) is 16.3. The SMILES string of the molecule is O=C(NCC1(CBr)CC1)c1cccc2ncccc12. The number of pyridine rings is 1. The summed E-state index contributed by atoms with van der Waals surface area (Å²) in [6, 6.07) is 9.45. The summed E-state index contributed by atoms with van der Waals surface area (Å²) < 4.78 is 0. The zero-order chi connectivity index (χ0) is 13.3. The summed E-state index contributed by atoms with van der Waals surface area (Å²) >= 11 is 3.52. The first kappa shape index (κ1) is 12.6. The van der Waals surface area contributed by atoms with Gasteiger partial charge in [-0.3, -0.25) is 9.78 Å². The Bertz CT molecular complexity index is 617. The minimum atomic E-state index is -0.00850. The fraction of sp³-hybridized carbons (Fsp3) is 0.333. The van der Waals surface area contributed by atoms with Crippen molar-refractivity contribution in [3.63, 3.8) is 0 Å². The molecule has 1 N–H and O–H groups in total. The van der Waals surface area contributed by atoms with Gasteiger partial charge in [0.05, 0.1) is 5.52 Å². The predicted molar refractivity (Wildman–Crippen MR) is 79.5 cm³/mol. The number of nitrogens with zero attached hydrogens (tertiary/aromatic N) is 1. The van der Waals surface area contributed by atoms with Crippen LogP contribution in [0, 0.1) is 5.41 Å². The first-order chi connectivity index (χ1) is 9.24. The zero-order valence-corrected chi connectivity index (χ0v) is 12.1. The highest BCUT2D eigenvalue weighted by Crippen LogP contribution is 2.46. The molecule has 0 bridgehead atoms. The molecule has 19 heavy (non-hydrogen) atoms. The maximum Gasteiger partial charge on any atom is 0.251 e. The number of aromatic nitrogens is 1. The topological polar surface area (TPSA) is 42.0 Å². The number of carbonyl (C=O) groups excluding carboxylic acids is 1. The van der Waals surface area contributed by atoms with Crippen LogP contribution in [0.3, 0.4) is 0 Å². The Kier molecular flexibility index (Phi) is 3.27. The minimum Gasteiger partial charge on any atom is -0.351 e. The lowest BCUT2D eigenvalue weighted by Gasteiger charge is -2.13. The van der Waals surface area contributed by atoms with Gasteiger partial charge in [-0.05, 0) is 36.5 Å². The maximum absolute atomic E-state index is 12.3. The van der Waals surface area contributed by atoms with Gasteiger partial charge in [-0.25, -0.2) is 0 Å². The van der Waals surface area contributed by atoms with E-state index >= 15 is 0 Å². The van der Waals surface area contributed by atoms with Crippen LogP contribution in [0.4, 0.5) is 0 Å². The van der Waals surface area contributed by atoms with E-state index in [1.165, 1.54) is 12.8 Å². The maximum atomic E-state index is 12.3. The minimum absolute atomic E-state index is 0.00850. The Morgan fingerprint density at radius 2 is 2.16 bits per heavy atom. The number of fused-ring (bicyclic) bond motifs is 1. The van der Waals surface area contributed by atoms with Crippen LogP contribution in [-0.2, 0) is 0 Å². The monoisotopic (exact) mass is 318 g/mol. The number of benzene rings is 1. The summed E-state index contributed by atoms with van der Waals surface area (Å²) in [5.74, 6) is -0.00850. The van der Waals surface area contributed by atoms with Crippen molar-refractivity contribution >= 4 is 32.7 Å². The lowest BCUT2D eigenvalue weighted by molar-refractivity contribution is 0.0948. The Morgan fingerprint density at radius 3 is 2.89 bits per heavy atom. The number of rotatable bonds is 4.